The van der Waals surface area contributed by atoms with Gasteiger partial charge in [0, 0.05) is 37.1 Å². The van der Waals surface area contributed by atoms with Crippen molar-refractivity contribution < 1.29 is 14.3 Å². The van der Waals surface area contributed by atoms with Crippen LogP contribution >= 0.6 is 11.3 Å². The van der Waals surface area contributed by atoms with E-state index in [9.17, 15) is 9.59 Å². The monoisotopic (exact) mass is 462 g/mol. The van der Waals surface area contributed by atoms with Crippen molar-refractivity contribution in [3.63, 3.8) is 0 Å². The van der Waals surface area contributed by atoms with Crippen LogP contribution in [-0.4, -0.2) is 62.3 Å². The van der Waals surface area contributed by atoms with E-state index in [0.717, 1.165) is 17.0 Å². The van der Waals surface area contributed by atoms with Gasteiger partial charge in [0.15, 0.2) is 5.13 Å². The zero-order valence-corrected chi connectivity index (χ0v) is 20.3. The van der Waals surface area contributed by atoms with Crippen molar-refractivity contribution in [1.82, 2.24) is 20.5 Å². The van der Waals surface area contributed by atoms with Gasteiger partial charge in [-0.25, -0.2) is 14.6 Å². The van der Waals surface area contributed by atoms with Crippen LogP contribution in [0.2, 0.25) is 0 Å². The average molecular weight is 463 g/mol. The van der Waals surface area contributed by atoms with Crippen LogP contribution in [0.15, 0.2) is 24.4 Å². The fourth-order valence-corrected chi connectivity index (χ4v) is 3.40. The molecule has 0 bridgehead atoms. The van der Waals surface area contributed by atoms with Crippen LogP contribution in [-0.2, 0) is 6.42 Å². The SMILES string of the molecule is Cc1ccc(NC(=O)Nc2ncc(CCNC(=O)NCCN(C)C)s2)c(OCC(C)C)c1. The quantitative estimate of drug-likeness (QED) is 0.409. The molecule has 0 radical (unpaired) electrons. The molecular weight excluding hydrogens is 428 g/mol. The molecule has 2 aromatic rings. The van der Waals surface area contributed by atoms with E-state index < -0.39 is 0 Å². The van der Waals surface area contributed by atoms with Gasteiger partial charge in [0.1, 0.15) is 5.75 Å². The minimum absolute atomic E-state index is 0.192. The molecule has 0 spiro atoms. The van der Waals surface area contributed by atoms with Crippen LogP contribution in [0.1, 0.15) is 24.3 Å². The minimum Gasteiger partial charge on any atom is -0.491 e. The molecule has 4 N–H and O–H groups in total. The smallest absolute Gasteiger partial charge is 0.325 e. The first-order valence-electron chi connectivity index (χ1n) is 10.7. The van der Waals surface area contributed by atoms with Gasteiger partial charge in [0.05, 0.1) is 12.3 Å². The van der Waals surface area contributed by atoms with Crippen LogP contribution in [0.5, 0.6) is 5.75 Å². The molecule has 2 rings (SSSR count). The van der Waals surface area contributed by atoms with Crippen LogP contribution in [0.25, 0.3) is 0 Å². The standard InChI is InChI=1S/C22H34N6O3S/c1-15(2)14-31-19-12-16(3)6-7-18(19)26-21(30)27-22-25-13-17(32-22)8-9-23-20(29)24-10-11-28(4)5/h6-7,12-13,15H,8-11,14H2,1-5H3,(H2,23,24,29)(H2,25,26,27,30). The molecule has 176 valence electrons. The third-order valence-electron chi connectivity index (χ3n) is 4.23. The van der Waals surface area contributed by atoms with Crippen LogP contribution in [0, 0.1) is 12.8 Å². The van der Waals surface area contributed by atoms with Crippen molar-refractivity contribution in [2.24, 2.45) is 5.92 Å². The molecule has 32 heavy (non-hydrogen) atoms. The number of nitrogens with zero attached hydrogens (tertiary/aromatic N) is 2. The number of likely N-dealkylation sites (N-methyl/N-ethyl adjacent to an activating group) is 1. The van der Waals surface area contributed by atoms with Gasteiger partial charge in [-0.15, -0.1) is 11.3 Å². The second kappa shape index (κ2) is 12.9. The number of hydrogen-bond donors (Lipinski definition) is 4. The summed E-state index contributed by atoms with van der Waals surface area (Å²) in [5, 5.41) is 11.7. The zero-order chi connectivity index (χ0) is 23.5. The molecule has 0 aliphatic rings. The molecule has 9 nitrogen and oxygen atoms in total. The Balaban J connectivity index is 1.80. The summed E-state index contributed by atoms with van der Waals surface area (Å²) in [6, 6.07) is 5.07. The lowest BCUT2D eigenvalue weighted by molar-refractivity contribution is 0.239. The van der Waals surface area contributed by atoms with E-state index in [0.29, 0.717) is 48.6 Å². The van der Waals surface area contributed by atoms with Gasteiger partial charge in [-0.1, -0.05) is 19.9 Å². The molecule has 4 amide bonds. The number of amides is 4. The van der Waals surface area contributed by atoms with Crippen molar-refractivity contribution in [3.8, 4) is 5.75 Å². The van der Waals surface area contributed by atoms with Gasteiger partial charge in [-0.3, -0.25) is 5.32 Å². The number of ether oxygens (including phenoxy) is 1. The molecule has 0 unspecified atom stereocenters. The van der Waals surface area contributed by atoms with Gasteiger partial charge in [-0.2, -0.15) is 0 Å². The molecule has 1 aromatic heterocycles. The first-order chi connectivity index (χ1) is 15.2. The van der Waals surface area contributed by atoms with Gasteiger partial charge in [0.2, 0.25) is 0 Å². The number of hydrogen-bond acceptors (Lipinski definition) is 6. The lowest BCUT2D eigenvalue weighted by Gasteiger charge is -2.14. The average Bonchev–Trinajstić information content (AvgIpc) is 3.14. The normalized spacial score (nSPS) is 10.8. The molecule has 10 heteroatoms. The molecule has 0 fully saturated rings. The molecule has 0 saturated carbocycles. The van der Waals surface area contributed by atoms with Crippen molar-refractivity contribution >= 4 is 34.2 Å². The highest BCUT2D eigenvalue weighted by Crippen LogP contribution is 2.27. The number of urea groups is 2. The van der Waals surface area contributed by atoms with Crippen LogP contribution in [0.3, 0.4) is 0 Å². The predicted molar refractivity (Wildman–Crippen MR) is 130 cm³/mol. The fourth-order valence-electron chi connectivity index (χ4n) is 2.60. The summed E-state index contributed by atoms with van der Waals surface area (Å²) in [5.41, 5.74) is 1.66. The van der Waals surface area contributed by atoms with Gasteiger partial charge in [-0.05, 0) is 44.6 Å². The number of aryl methyl sites for hydroxylation is 1. The Bertz CT molecular complexity index is 884. The summed E-state index contributed by atoms with van der Waals surface area (Å²) in [5.74, 6) is 1.02. The Morgan fingerprint density at radius 2 is 1.88 bits per heavy atom. The number of carbonyl (C=O) groups is 2. The highest BCUT2D eigenvalue weighted by molar-refractivity contribution is 7.15. The van der Waals surface area contributed by atoms with E-state index in [1.807, 2.05) is 44.1 Å². The largest absolute Gasteiger partial charge is 0.491 e. The first kappa shape index (κ1) is 25.4. The second-order valence-corrected chi connectivity index (χ2v) is 9.27. The summed E-state index contributed by atoms with van der Waals surface area (Å²) < 4.78 is 5.84. The number of rotatable bonds is 11. The number of benzene rings is 1. The lowest BCUT2D eigenvalue weighted by atomic mass is 10.2. The highest BCUT2D eigenvalue weighted by Gasteiger charge is 2.11. The maximum atomic E-state index is 12.4. The molecule has 1 aromatic carbocycles. The van der Waals surface area contributed by atoms with E-state index in [4.69, 9.17) is 4.74 Å². The summed E-state index contributed by atoms with van der Waals surface area (Å²) in [4.78, 5) is 31.4. The molecular formula is C22H34N6O3S. The Morgan fingerprint density at radius 1 is 1.12 bits per heavy atom. The van der Waals surface area contributed by atoms with Crippen LogP contribution in [0.4, 0.5) is 20.4 Å². The summed E-state index contributed by atoms with van der Waals surface area (Å²) in [7, 11) is 3.91. The van der Waals surface area contributed by atoms with Crippen molar-refractivity contribution in [2.75, 3.05) is 51.0 Å². The first-order valence-corrected chi connectivity index (χ1v) is 11.5. The van der Waals surface area contributed by atoms with E-state index in [1.54, 1.807) is 6.20 Å². The lowest BCUT2D eigenvalue weighted by Crippen LogP contribution is -2.39. The van der Waals surface area contributed by atoms with Crippen LogP contribution < -0.4 is 26.0 Å². The summed E-state index contributed by atoms with van der Waals surface area (Å²) in [6.07, 6.45) is 2.34. The van der Waals surface area contributed by atoms with Crippen molar-refractivity contribution in [1.29, 1.82) is 0 Å². The van der Waals surface area contributed by atoms with Gasteiger partial charge < -0.3 is 25.6 Å². The predicted octanol–water partition coefficient (Wildman–Crippen LogP) is 3.53. The van der Waals surface area contributed by atoms with Crippen molar-refractivity contribution in [2.45, 2.75) is 27.2 Å². The molecule has 0 aliphatic carbocycles. The van der Waals surface area contributed by atoms with E-state index in [-0.39, 0.29) is 12.1 Å². The Morgan fingerprint density at radius 3 is 2.59 bits per heavy atom. The number of nitrogens with one attached hydrogen (secondary N) is 4. The van der Waals surface area contributed by atoms with E-state index in [2.05, 4.69) is 40.1 Å². The third-order valence-corrected chi connectivity index (χ3v) is 5.21. The Kier molecular flexibility index (Phi) is 10.2. The maximum Gasteiger partial charge on any atom is 0.325 e. The fraction of sp³-hybridized carbons (Fsp3) is 0.500. The van der Waals surface area contributed by atoms with Gasteiger partial charge in [0.25, 0.3) is 0 Å². The summed E-state index contributed by atoms with van der Waals surface area (Å²) >= 11 is 1.37. The molecule has 1 heterocycles. The molecule has 0 aliphatic heterocycles. The van der Waals surface area contributed by atoms with E-state index >= 15 is 0 Å². The molecule has 0 atom stereocenters. The topological polar surface area (TPSA) is 108 Å². The molecule has 0 saturated heterocycles. The summed E-state index contributed by atoms with van der Waals surface area (Å²) in [6.45, 7) is 8.55. The number of carbonyl (C=O) groups excluding carboxylic acids is 2. The van der Waals surface area contributed by atoms with Crippen molar-refractivity contribution in [3.05, 3.63) is 34.8 Å². The third kappa shape index (κ3) is 9.52. The highest BCUT2D eigenvalue weighted by atomic mass is 32.1. The minimum atomic E-state index is -0.387. The van der Waals surface area contributed by atoms with E-state index in [1.165, 1.54) is 11.3 Å². The second-order valence-electron chi connectivity index (χ2n) is 8.15. The maximum absolute atomic E-state index is 12.4. The number of aromatic nitrogens is 1. The Labute approximate surface area is 193 Å². The number of anilines is 2. The van der Waals surface area contributed by atoms with Gasteiger partial charge >= 0.3 is 12.1 Å². The Hall–Kier alpha value is -2.85. The number of thiazole rings is 1. The zero-order valence-electron chi connectivity index (χ0n) is 19.4.